The zero-order chi connectivity index (χ0) is 17.1. The van der Waals surface area contributed by atoms with E-state index in [2.05, 4.69) is 13.8 Å². The monoisotopic (exact) mass is 317 g/mol. The van der Waals surface area contributed by atoms with Gasteiger partial charge in [-0.05, 0) is 24.0 Å². The fourth-order valence-electron chi connectivity index (χ4n) is 2.53. The van der Waals surface area contributed by atoms with Crippen LogP contribution >= 0.6 is 0 Å². The van der Waals surface area contributed by atoms with Crippen molar-refractivity contribution in [3.05, 3.63) is 34.9 Å². The molecule has 2 rings (SSSR count). The van der Waals surface area contributed by atoms with E-state index in [1.165, 1.54) is 13.1 Å². The molecular weight excluding hydrogens is 294 g/mol. The highest BCUT2D eigenvalue weighted by Gasteiger charge is 2.33. The van der Waals surface area contributed by atoms with Crippen molar-refractivity contribution in [2.45, 2.75) is 27.2 Å². The molecule has 0 bridgehead atoms. The van der Waals surface area contributed by atoms with E-state index in [9.17, 15) is 14.4 Å². The van der Waals surface area contributed by atoms with Crippen LogP contribution in [-0.4, -0.2) is 42.8 Å². The number of hydrogen-bond acceptors (Lipinski definition) is 4. The standard InChI is InChI=1S/C18H23NO4/c1-11(2)9-23-10-12(3)7-16(20)13-5-6-14-15(8-13)18(22)19(4)17(14)21/h5-6,8,11-12H,7,9-10H2,1-4H3. The number of fused-ring (bicyclic) bond motifs is 1. The Morgan fingerprint density at radius 1 is 1.09 bits per heavy atom. The van der Waals surface area contributed by atoms with Gasteiger partial charge in [-0.3, -0.25) is 19.3 Å². The van der Waals surface area contributed by atoms with Gasteiger partial charge in [0.1, 0.15) is 0 Å². The molecule has 0 radical (unpaired) electrons. The van der Waals surface area contributed by atoms with Crippen molar-refractivity contribution in [1.29, 1.82) is 0 Å². The van der Waals surface area contributed by atoms with Gasteiger partial charge in [-0.2, -0.15) is 0 Å². The molecule has 1 atom stereocenters. The van der Waals surface area contributed by atoms with Crippen molar-refractivity contribution < 1.29 is 19.1 Å². The molecule has 0 saturated heterocycles. The van der Waals surface area contributed by atoms with E-state index in [0.29, 0.717) is 42.2 Å². The number of rotatable bonds is 7. The van der Waals surface area contributed by atoms with Gasteiger partial charge in [-0.25, -0.2) is 0 Å². The zero-order valence-electron chi connectivity index (χ0n) is 14.1. The molecule has 1 aliphatic heterocycles. The van der Waals surface area contributed by atoms with E-state index in [1.807, 2.05) is 6.92 Å². The molecule has 0 fully saturated rings. The van der Waals surface area contributed by atoms with Gasteiger partial charge in [-0.1, -0.05) is 26.8 Å². The first-order chi connectivity index (χ1) is 10.8. The fraction of sp³-hybridized carbons (Fsp3) is 0.500. The third-order valence-corrected chi connectivity index (χ3v) is 3.80. The van der Waals surface area contributed by atoms with Gasteiger partial charge in [0.15, 0.2) is 5.78 Å². The van der Waals surface area contributed by atoms with E-state index >= 15 is 0 Å². The Balaban J connectivity index is 2.02. The number of carbonyl (C=O) groups is 3. The molecule has 2 amide bonds. The minimum Gasteiger partial charge on any atom is -0.381 e. The van der Waals surface area contributed by atoms with Crippen molar-refractivity contribution in [3.8, 4) is 0 Å². The van der Waals surface area contributed by atoms with Crippen LogP contribution in [0.4, 0.5) is 0 Å². The Kier molecular flexibility index (Phi) is 5.31. The summed E-state index contributed by atoms with van der Waals surface area (Å²) in [5.41, 5.74) is 1.14. The van der Waals surface area contributed by atoms with Crippen LogP contribution in [0.15, 0.2) is 18.2 Å². The molecule has 5 heteroatoms. The van der Waals surface area contributed by atoms with Crippen LogP contribution in [0.25, 0.3) is 0 Å². The van der Waals surface area contributed by atoms with E-state index in [0.717, 1.165) is 4.90 Å². The second-order valence-electron chi connectivity index (χ2n) is 6.59. The van der Waals surface area contributed by atoms with E-state index in [-0.39, 0.29) is 23.5 Å². The number of hydrogen-bond donors (Lipinski definition) is 0. The summed E-state index contributed by atoms with van der Waals surface area (Å²) in [5.74, 6) is -0.139. The topological polar surface area (TPSA) is 63.7 Å². The highest BCUT2D eigenvalue weighted by Crippen LogP contribution is 2.23. The van der Waals surface area contributed by atoms with Gasteiger partial charge in [-0.15, -0.1) is 0 Å². The molecule has 0 N–H and O–H groups in total. The maximum Gasteiger partial charge on any atom is 0.261 e. The maximum atomic E-state index is 12.4. The summed E-state index contributed by atoms with van der Waals surface area (Å²) in [5, 5.41) is 0. The number of imide groups is 1. The lowest BCUT2D eigenvalue weighted by molar-refractivity contribution is 0.0692. The lowest BCUT2D eigenvalue weighted by Crippen LogP contribution is -2.24. The third-order valence-electron chi connectivity index (χ3n) is 3.80. The Morgan fingerprint density at radius 2 is 1.74 bits per heavy atom. The minimum absolute atomic E-state index is 0.0387. The Labute approximate surface area is 136 Å². The van der Waals surface area contributed by atoms with Crippen LogP contribution in [-0.2, 0) is 4.74 Å². The third kappa shape index (κ3) is 3.85. The minimum atomic E-state index is -0.354. The summed E-state index contributed by atoms with van der Waals surface area (Å²) in [6.07, 6.45) is 0.356. The van der Waals surface area contributed by atoms with Gasteiger partial charge >= 0.3 is 0 Å². The van der Waals surface area contributed by atoms with Crippen molar-refractivity contribution in [3.63, 3.8) is 0 Å². The zero-order valence-corrected chi connectivity index (χ0v) is 14.1. The van der Waals surface area contributed by atoms with Crippen LogP contribution < -0.4 is 0 Å². The molecule has 1 aromatic carbocycles. The van der Waals surface area contributed by atoms with Crippen LogP contribution in [0.2, 0.25) is 0 Å². The highest BCUT2D eigenvalue weighted by molar-refractivity contribution is 6.21. The van der Waals surface area contributed by atoms with E-state index in [4.69, 9.17) is 4.74 Å². The van der Waals surface area contributed by atoms with Gasteiger partial charge in [0.25, 0.3) is 11.8 Å². The fourth-order valence-corrected chi connectivity index (χ4v) is 2.53. The Morgan fingerprint density at radius 3 is 2.39 bits per heavy atom. The summed E-state index contributed by atoms with van der Waals surface area (Å²) in [7, 11) is 1.44. The van der Waals surface area contributed by atoms with Crippen molar-refractivity contribution >= 4 is 17.6 Å². The van der Waals surface area contributed by atoms with E-state index in [1.54, 1.807) is 12.1 Å². The number of amides is 2. The molecule has 1 unspecified atom stereocenters. The van der Waals surface area contributed by atoms with Gasteiger partial charge < -0.3 is 4.74 Å². The number of nitrogens with zero attached hydrogens (tertiary/aromatic N) is 1. The van der Waals surface area contributed by atoms with E-state index < -0.39 is 0 Å². The highest BCUT2D eigenvalue weighted by atomic mass is 16.5. The first-order valence-corrected chi connectivity index (χ1v) is 7.88. The van der Waals surface area contributed by atoms with Crippen LogP contribution in [0.5, 0.6) is 0 Å². The second kappa shape index (κ2) is 7.04. The normalized spacial score (nSPS) is 15.3. The smallest absolute Gasteiger partial charge is 0.261 e. The number of ether oxygens (including phenoxy) is 1. The average molecular weight is 317 g/mol. The number of Topliss-reactive ketones (excluding diaryl/α,β-unsaturated/α-hetero) is 1. The molecular formula is C18H23NO4. The van der Waals surface area contributed by atoms with Crippen LogP contribution in [0.3, 0.4) is 0 Å². The predicted octanol–water partition coefficient (Wildman–Crippen LogP) is 2.79. The number of ketones is 1. The summed E-state index contributed by atoms with van der Waals surface area (Å²) in [4.78, 5) is 37.3. The van der Waals surface area contributed by atoms with Crippen molar-refractivity contribution in [1.82, 2.24) is 4.90 Å². The molecule has 5 nitrogen and oxygen atoms in total. The lowest BCUT2D eigenvalue weighted by Gasteiger charge is -2.13. The molecule has 0 aliphatic carbocycles. The number of benzene rings is 1. The molecule has 23 heavy (non-hydrogen) atoms. The van der Waals surface area contributed by atoms with Gasteiger partial charge in [0.05, 0.1) is 11.1 Å². The van der Waals surface area contributed by atoms with Gasteiger partial charge in [0.2, 0.25) is 0 Å². The summed E-state index contributed by atoms with van der Waals surface area (Å²) in [6, 6.07) is 4.71. The second-order valence-corrected chi connectivity index (χ2v) is 6.59. The Bertz CT molecular complexity index is 636. The molecule has 1 aromatic rings. The summed E-state index contributed by atoms with van der Waals surface area (Å²) >= 11 is 0. The number of carbonyl (C=O) groups excluding carboxylic acids is 3. The van der Waals surface area contributed by atoms with Crippen LogP contribution in [0.1, 0.15) is 58.3 Å². The van der Waals surface area contributed by atoms with Crippen LogP contribution in [0, 0.1) is 11.8 Å². The maximum absolute atomic E-state index is 12.4. The predicted molar refractivity (Wildman–Crippen MR) is 86.6 cm³/mol. The van der Waals surface area contributed by atoms with Crippen molar-refractivity contribution in [2.75, 3.05) is 20.3 Å². The molecule has 0 saturated carbocycles. The largest absolute Gasteiger partial charge is 0.381 e. The SMILES string of the molecule is CC(C)COCC(C)CC(=O)c1ccc2c(c1)C(=O)N(C)C2=O. The van der Waals surface area contributed by atoms with Gasteiger partial charge in [0, 0.05) is 32.2 Å². The molecule has 1 aliphatic rings. The average Bonchev–Trinajstić information content (AvgIpc) is 2.71. The quantitative estimate of drug-likeness (QED) is 0.573. The lowest BCUT2D eigenvalue weighted by atomic mass is 9.97. The molecule has 1 heterocycles. The molecule has 124 valence electrons. The molecule has 0 aromatic heterocycles. The summed E-state index contributed by atoms with van der Waals surface area (Å²) in [6.45, 7) is 7.34. The molecule has 0 spiro atoms. The first kappa shape index (κ1) is 17.3. The summed E-state index contributed by atoms with van der Waals surface area (Å²) < 4.78 is 5.56. The first-order valence-electron chi connectivity index (χ1n) is 7.88. The Hall–Kier alpha value is -2.01. The van der Waals surface area contributed by atoms with Crippen molar-refractivity contribution in [2.24, 2.45) is 11.8 Å².